The first-order valence-electron chi connectivity index (χ1n) is 21.6. The summed E-state index contributed by atoms with van der Waals surface area (Å²) < 4.78 is 40.5. The van der Waals surface area contributed by atoms with Crippen LogP contribution in [0.4, 0.5) is 20.3 Å². The molecule has 2 saturated heterocycles. The summed E-state index contributed by atoms with van der Waals surface area (Å²) in [5.41, 5.74) is 8.24. The number of allylic oxidation sites excluding steroid dienone is 2. The van der Waals surface area contributed by atoms with Crippen molar-refractivity contribution in [3.05, 3.63) is 84.0 Å². The molecule has 3 aliphatic rings. The van der Waals surface area contributed by atoms with Gasteiger partial charge in [0.25, 0.3) is 6.43 Å². The first-order valence-corrected chi connectivity index (χ1v) is 21.6. The minimum absolute atomic E-state index is 0.0858. The van der Waals surface area contributed by atoms with Crippen molar-refractivity contribution in [2.24, 2.45) is 5.41 Å². The van der Waals surface area contributed by atoms with Gasteiger partial charge >= 0.3 is 0 Å². The second-order valence-electron chi connectivity index (χ2n) is 16.4. The van der Waals surface area contributed by atoms with Crippen molar-refractivity contribution in [3.63, 3.8) is 0 Å². The Hall–Kier alpha value is -4.26. The molecular weight excluding hydrogens is 727 g/mol. The summed E-state index contributed by atoms with van der Waals surface area (Å²) in [5, 5.41) is 6.23. The highest BCUT2D eigenvalue weighted by Crippen LogP contribution is 2.45. The lowest BCUT2D eigenvalue weighted by atomic mass is 9.91. The molecule has 9 heteroatoms. The second-order valence-corrected chi connectivity index (χ2v) is 16.4. The van der Waals surface area contributed by atoms with Crippen LogP contribution in [-0.4, -0.2) is 64.1 Å². The van der Waals surface area contributed by atoms with Gasteiger partial charge in [-0.05, 0) is 129 Å². The third-order valence-corrected chi connectivity index (χ3v) is 11.2. The molecule has 2 fully saturated rings. The van der Waals surface area contributed by atoms with Crippen LogP contribution in [0.2, 0.25) is 0 Å². The van der Waals surface area contributed by atoms with Crippen molar-refractivity contribution in [1.82, 2.24) is 24.2 Å². The van der Waals surface area contributed by atoms with Crippen LogP contribution in [0, 0.1) is 17.8 Å². The average molecular weight is 797 g/mol. The van der Waals surface area contributed by atoms with Crippen molar-refractivity contribution >= 4 is 22.4 Å². The molecule has 0 saturated carbocycles. The monoisotopic (exact) mass is 797 g/mol. The molecule has 0 spiro atoms. The van der Waals surface area contributed by atoms with Crippen molar-refractivity contribution < 1.29 is 13.5 Å². The number of ether oxygens (including phenoxy) is 1. The summed E-state index contributed by atoms with van der Waals surface area (Å²) in [4.78, 5) is 9.03. The first kappa shape index (κ1) is 46.4. The zero-order chi connectivity index (χ0) is 42.6. The fraction of sp³-hybridized carbons (Fsp3) is 0.551. The Morgan fingerprint density at radius 1 is 1.05 bits per heavy atom. The molecule has 0 unspecified atom stereocenters. The Balaban J connectivity index is 0.000000502. The van der Waals surface area contributed by atoms with Crippen LogP contribution >= 0.6 is 0 Å². The molecule has 3 aromatic heterocycles. The van der Waals surface area contributed by atoms with Crippen LogP contribution in [0.1, 0.15) is 135 Å². The molecule has 316 valence electrons. The van der Waals surface area contributed by atoms with Gasteiger partial charge in [0.05, 0.1) is 11.6 Å². The summed E-state index contributed by atoms with van der Waals surface area (Å²) in [6.45, 7) is 27.7. The maximum absolute atomic E-state index is 15.1. The average Bonchev–Trinajstić information content (AvgIpc) is 3.80. The van der Waals surface area contributed by atoms with Crippen molar-refractivity contribution in [2.75, 3.05) is 44.8 Å². The van der Waals surface area contributed by atoms with E-state index in [1.54, 1.807) is 12.1 Å². The standard InChI is InChI=1S/C36H46F2N6O.C7H10.C4H8.C2H6/c1-4-7-33-27(5-2)36(40-44(33)26-12-18-45-19-13-26)42-15-6-8-24-20-28(29(35(37)38)21-34(24)42)31-23-43(25-10-16-41(3)17-11-25)32-9-14-39-22-30(31)32;1-5-7(3,4)6-2;1-4(2)3;1-2/h9,14,20-23,25-26,35H,4-8,10-13,15-19H2,1-3H3;1,6H,2H2,3-4H3;1H2,2-3H3;1-2H3. The molecule has 6 heterocycles. The number of rotatable bonds is 9. The summed E-state index contributed by atoms with van der Waals surface area (Å²) in [6.07, 6.45) is 18.7. The fourth-order valence-electron chi connectivity index (χ4n) is 8.03. The number of aromatic nitrogens is 4. The molecule has 0 aliphatic carbocycles. The van der Waals surface area contributed by atoms with E-state index in [0.717, 1.165) is 124 Å². The van der Waals surface area contributed by atoms with E-state index in [0.29, 0.717) is 17.6 Å². The van der Waals surface area contributed by atoms with Crippen LogP contribution in [0.25, 0.3) is 22.0 Å². The zero-order valence-electron chi connectivity index (χ0n) is 37.0. The predicted octanol–water partition coefficient (Wildman–Crippen LogP) is 12.5. The summed E-state index contributed by atoms with van der Waals surface area (Å²) in [5.74, 6) is 3.52. The molecule has 1 aromatic carbocycles. The van der Waals surface area contributed by atoms with E-state index in [9.17, 15) is 0 Å². The van der Waals surface area contributed by atoms with Crippen molar-refractivity contribution in [1.29, 1.82) is 0 Å². The molecule has 0 amide bonds. The van der Waals surface area contributed by atoms with Gasteiger partial charge in [0.15, 0.2) is 5.82 Å². The quantitative estimate of drug-likeness (QED) is 0.125. The van der Waals surface area contributed by atoms with Gasteiger partial charge in [-0.15, -0.1) is 19.6 Å². The van der Waals surface area contributed by atoms with Crippen molar-refractivity contribution in [3.8, 4) is 23.5 Å². The van der Waals surface area contributed by atoms with E-state index >= 15 is 8.78 Å². The Morgan fingerprint density at radius 3 is 2.29 bits per heavy atom. The molecule has 7 nitrogen and oxygen atoms in total. The van der Waals surface area contributed by atoms with Crippen molar-refractivity contribution in [2.45, 2.75) is 132 Å². The van der Waals surface area contributed by atoms with Crippen LogP contribution in [-0.2, 0) is 24.0 Å². The van der Waals surface area contributed by atoms with Gasteiger partial charge < -0.3 is 19.1 Å². The minimum Gasteiger partial charge on any atom is -0.381 e. The first-order chi connectivity index (χ1) is 27.8. The molecule has 0 N–H and O–H groups in total. The molecule has 58 heavy (non-hydrogen) atoms. The van der Waals surface area contributed by atoms with E-state index in [1.165, 1.54) is 16.8 Å². The van der Waals surface area contributed by atoms with E-state index in [1.807, 2.05) is 60.0 Å². The highest BCUT2D eigenvalue weighted by atomic mass is 19.3. The number of aryl methyl sites for hydroxylation is 1. The van der Waals surface area contributed by atoms with Gasteiger partial charge in [-0.25, -0.2) is 8.78 Å². The molecule has 4 aromatic rings. The lowest BCUT2D eigenvalue weighted by Gasteiger charge is -2.32. The third-order valence-electron chi connectivity index (χ3n) is 11.2. The fourth-order valence-corrected chi connectivity index (χ4v) is 8.03. The Kier molecular flexibility index (Phi) is 17.3. The normalized spacial score (nSPS) is 16.3. The van der Waals surface area contributed by atoms with Crippen LogP contribution < -0.4 is 4.90 Å². The molecule has 7 rings (SSSR count). The van der Waals surface area contributed by atoms with E-state index in [2.05, 4.69) is 76.3 Å². The van der Waals surface area contributed by atoms with Gasteiger partial charge in [-0.2, -0.15) is 5.10 Å². The zero-order valence-corrected chi connectivity index (χ0v) is 37.0. The maximum atomic E-state index is 15.1. The SMILES string of the molecule is C#CC(C)(C)C=C.C=C(C)C.CC.CCCc1c(CC)c(N2CCCc3cc(-c4cn(C5CCN(C)CC5)c5ccncc45)c(C(F)F)cc32)nn1C1CCOCC1. The minimum atomic E-state index is -2.60. The number of halogens is 2. The summed E-state index contributed by atoms with van der Waals surface area (Å²) in [7, 11) is 2.16. The molecular formula is C49H70F2N6O. The number of anilines is 2. The number of hydrogen-bond acceptors (Lipinski definition) is 5. The lowest BCUT2D eigenvalue weighted by molar-refractivity contribution is 0.0654. The number of benzene rings is 1. The van der Waals surface area contributed by atoms with Gasteiger partial charge in [0, 0.05) is 83.3 Å². The van der Waals surface area contributed by atoms with E-state index in [-0.39, 0.29) is 11.0 Å². The Morgan fingerprint density at radius 2 is 1.72 bits per heavy atom. The molecule has 0 radical (unpaired) electrons. The lowest BCUT2D eigenvalue weighted by Crippen LogP contribution is -2.31. The van der Waals surface area contributed by atoms with E-state index < -0.39 is 6.43 Å². The smallest absolute Gasteiger partial charge is 0.264 e. The van der Waals surface area contributed by atoms with Gasteiger partial charge in [-0.1, -0.05) is 51.7 Å². The maximum Gasteiger partial charge on any atom is 0.264 e. The number of fused-ring (bicyclic) bond motifs is 2. The van der Waals surface area contributed by atoms with Gasteiger partial charge in [0.1, 0.15) is 0 Å². The largest absolute Gasteiger partial charge is 0.381 e. The Bertz CT molecular complexity index is 1980. The topological polar surface area (TPSA) is 51.3 Å². The van der Waals surface area contributed by atoms with E-state index in [4.69, 9.17) is 16.3 Å². The number of likely N-dealkylation sites (tertiary alicyclic amines) is 1. The number of terminal acetylenes is 1. The number of hydrogen-bond donors (Lipinski definition) is 0. The van der Waals surface area contributed by atoms with Crippen LogP contribution in [0.5, 0.6) is 0 Å². The van der Waals surface area contributed by atoms with Crippen LogP contribution in [0.15, 0.2) is 61.6 Å². The van der Waals surface area contributed by atoms with Gasteiger partial charge in [0.2, 0.25) is 0 Å². The highest BCUT2D eigenvalue weighted by molar-refractivity contribution is 5.97. The highest BCUT2D eigenvalue weighted by Gasteiger charge is 2.31. The third kappa shape index (κ3) is 11.1. The van der Waals surface area contributed by atoms with Gasteiger partial charge in [-0.3, -0.25) is 9.67 Å². The number of alkyl halides is 2. The number of piperidine rings is 1. The second kappa shape index (κ2) is 21.7. The molecule has 0 atom stereocenters. The number of pyridine rings is 1. The Labute approximate surface area is 348 Å². The molecule has 0 bridgehead atoms. The predicted molar refractivity (Wildman–Crippen MR) is 241 cm³/mol. The molecule has 3 aliphatic heterocycles. The van der Waals surface area contributed by atoms with Crippen LogP contribution in [0.3, 0.4) is 0 Å². The summed E-state index contributed by atoms with van der Waals surface area (Å²) in [6, 6.07) is 6.53. The number of nitrogens with zero attached hydrogens (tertiary/aromatic N) is 6. The summed E-state index contributed by atoms with van der Waals surface area (Å²) >= 11 is 0.